The van der Waals surface area contributed by atoms with E-state index in [1.54, 1.807) is 7.11 Å². The van der Waals surface area contributed by atoms with Gasteiger partial charge in [-0.05, 0) is 42.3 Å². The highest BCUT2D eigenvalue weighted by Gasteiger charge is 2.03. The second-order valence-electron chi connectivity index (χ2n) is 4.23. The predicted molar refractivity (Wildman–Crippen MR) is 72.5 cm³/mol. The van der Waals surface area contributed by atoms with E-state index in [9.17, 15) is 0 Å². The first-order valence-corrected chi connectivity index (χ1v) is 6.06. The van der Waals surface area contributed by atoms with E-state index in [0.29, 0.717) is 6.04 Å². The van der Waals surface area contributed by atoms with Crippen molar-refractivity contribution in [1.82, 2.24) is 10.3 Å². The number of rotatable bonds is 5. The lowest BCUT2D eigenvalue weighted by molar-refractivity contribution is 0.414. The van der Waals surface area contributed by atoms with Gasteiger partial charge in [-0.25, -0.2) is 0 Å². The Bertz CT molecular complexity index is 468. The van der Waals surface area contributed by atoms with Crippen LogP contribution in [0, 0.1) is 0 Å². The van der Waals surface area contributed by atoms with Gasteiger partial charge in [0.05, 0.1) is 7.11 Å². The Balaban J connectivity index is 1.91. The zero-order valence-corrected chi connectivity index (χ0v) is 10.8. The summed E-state index contributed by atoms with van der Waals surface area (Å²) in [5.74, 6) is 0.890. The normalized spacial score (nSPS) is 12.1. The third kappa shape index (κ3) is 3.31. The first-order valence-electron chi connectivity index (χ1n) is 6.06. The molecule has 0 fully saturated rings. The summed E-state index contributed by atoms with van der Waals surface area (Å²) >= 11 is 0. The predicted octanol–water partition coefficient (Wildman–Crippen LogP) is 2.94. The van der Waals surface area contributed by atoms with E-state index in [2.05, 4.69) is 29.4 Å². The van der Waals surface area contributed by atoms with Gasteiger partial charge >= 0.3 is 0 Å². The molecule has 0 spiro atoms. The van der Waals surface area contributed by atoms with Crippen molar-refractivity contribution in [2.24, 2.45) is 0 Å². The summed E-state index contributed by atoms with van der Waals surface area (Å²) in [4.78, 5) is 4.02. The van der Waals surface area contributed by atoms with Gasteiger partial charge in [-0.2, -0.15) is 0 Å². The molecule has 1 N–H and O–H groups in total. The number of ether oxygens (including phenoxy) is 1. The molecule has 1 heterocycles. The summed E-state index contributed by atoms with van der Waals surface area (Å²) in [5.41, 5.74) is 2.50. The minimum absolute atomic E-state index is 0.315. The van der Waals surface area contributed by atoms with E-state index < -0.39 is 0 Å². The van der Waals surface area contributed by atoms with Crippen LogP contribution in [0.15, 0.2) is 48.8 Å². The van der Waals surface area contributed by atoms with Gasteiger partial charge in [-0.3, -0.25) is 4.98 Å². The number of nitrogens with one attached hydrogen (secondary N) is 1. The summed E-state index contributed by atoms with van der Waals surface area (Å²) in [5, 5.41) is 3.48. The molecule has 18 heavy (non-hydrogen) atoms. The Morgan fingerprint density at radius 1 is 1.11 bits per heavy atom. The van der Waals surface area contributed by atoms with Crippen LogP contribution in [-0.2, 0) is 6.54 Å². The van der Waals surface area contributed by atoms with Crippen LogP contribution in [0.5, 0.6) is 5.75 Å². The molecule has 0 aliphatic heterocycles. The monoisotopic (exact) mass is 242 g/mol. The van der Waals surface area contributed by atoms with Crippen LogP contribution in [0.25, 0.3) is 0 Å². The molecular weight excluding hydrogens is 224 g/mol. The van der Waals surface area contributed by atoms with E-state index in [1.807, 2.05) is 36.7 Å². The molecule has 1 atom stereocenters. The highest BCUT2D eigenvalue weighted by molar-refractivity contribution is 5.27. The summed E-state index contributed by atoms with van der Waals surface area (Å²) < 4.78 is 5.14. The molecule has 3 heteroatoms. The van der Waals surface area contributed by atoms with Gasteiger partial charge in [0, 0.05) is 25.0 Å². The van der Waals surface area contributed by atoms with Crippen molar-refractivity contribution in [3.05, 3.63) is 59.9 Å². The van der Waals surface area contributed by atoms with Crippen LogP contribution in [0.1, 0.15) is 24.1 Å². The lowest BCUT2D eigenvalue weighted by Crippen LogP contribution is -2.17. The van der Waals surface area contributed by atoms with E-state index in [1.165, 1.54) is 11.1 Å². The van der Waals surface area contributed by atoms with Crippen molar-refractivity contribution in [2.75, 3.05) is 7.11 Å². The van der Waals surface area contributed by atoms with Gasteiger partial charge in [0.15, 0.2) is 0 Å². The van der Waals surface area contributed by atoms with Crippen LogP contribution < -0.4 is 10.1 Å². The maximum atomic E-state index is 5.14. The van der Waals surface area contributed by atoms with Gasteiger partial charge in [0.1, 0.15) is 5.75 Å². The molecular formula is C15H18N2O. The van der Waals surface area contributed by atoms with Gasteiger partial charge in [0.2, 0.25) is 0 Å². The fourth-order valence-corrected chi connectivity index (χ4v) is 1.78. The first kappa shape index (κ1) is 12.6. The van der Waals surface area contributed by atoms with Crippen LogP contribution in [0.3, 0.4) is 0 Å². The van der Waals surface area contributed by atoms with Gasteiger partial charge in [-0.1, -0.05) is 12.1 Å². The van der Waals surface area contributed by atoms with Crippen molar-refractivity contribution in [1.29, 1.82) is 0 Å². The molecule has 1 unspecified atom stereocenters. The molecule has 1 aromatic carbocycles. The van der Waals surface area contributed by atoms with E-state index >= 15 is 0 Å². The fourth-order valence-electron chi connectivity index (χ4n) is 1.78. The molecule has 0 saturated carbocycles. The fraction of sp³-hybridized carbons (Fsp3) is 0.267. The summed E-state index contributed by atoms with van der Waals surface area (Å²) in [6, 6.07) is 12.5. The number of pyridine rings is 1. The average molecular weight is 242 g/mol. The molecule has 0 bridgehead atoms. The van der Waals surface area contributed by atoms with E-state index in [4.69, 9.17) is 4.74 Å². The first-order chi connectivity index (χ1) is 8.79. The number of benzene rings is 1. The number of aromatic nitrogens is 1. The quantitative estimate of drug-likeness (QED) is 0.875. The molecule has 94 valence electrons. The third-order valence-corrected chi connectivity index (χ3v) is 2.98. The maximum Gasteiger partial charge on any atom is 0.118 e. The van der Waals surface area contributed by atoms with Crippen molar-refractivity contribution >= 4 is 0 Å². The second kappa shape index (κ2) is 6.17. The zero-order valence-electron chi connectivity index (χ0n) is 10.8. The summed E-state index contributed by atoms with van der Waals surface area (Å²) in [6.07, 6.45) is 3.64. The summed E-state index contributed by atoms with van der Waals surface area (Å²) in [6.45, 7) is 2.99. The van der Waals surface area contributed by atoms with Crippen molar-refractivity contribution < 1.29 is 4.74 Å². The van der Waals surface area contributed by atoms with Gasteiger partial charge < -0.3 is 10.1 Å². The van der Waals surface area contributed by atoms with Crippen molar-refractivity contribution in [3.63, 3.8) is 0 Å². The number of hydrogen-bond donors (Lipinski definition) is 1. The molecule has 2 rings (SSSR count). The average Bonchev–Trinajstić information content (AvgIpc) is 2.46. The molecule has 0 amide bonds. The molecule has 1 aromatic heterocycles. The molecule has 3 nitrogen and oxygen atoms in total. The number of hydrogen-bond acceptors (Lipinski definition) is 3. The lowest BCUT2D eigenvalue weighted by atomic mass is 10.1. The SMILES string of the molecule is COc1ccc(CNC(C)c2ccncc2)cc1. The van der Waals surface area contributed by atoms with E-state index in [-0.39, 0.29) is 0 Å². The minimum Gasteiger partial charge on any atom is -0.497 e. The number of nitrogens with zero attached hydrogens (tertiary/aromatic N) is 1. The highest BCUT2D eigenvalue weighted by Crippen LogP contribution is 2.14. The Morgan fingerprint density at radius 3 is 2.39 bits per heavy atom. The highest BCUT2D eigenvalue weighted by atomic mass is 16.5. The summed E-state index contributed by atoms with van der Waals surface area (Å²) in [7, 11) is 1.68. The zero-order chi connectivity index (χ0) is 12.8. The smallest absolute Gasteiger partial charge is 0.118 e. The van der Waals surface area contributed by atoms with E-state index in [0.717, 1.165) is 12.3 Å². The largest absolute Gasteiger partial charge is 0.497 e. The van der Waals surface area contributed by atoms with Crippen LogP contribution >= 0.6 is 0 Å². The molecule has 0 saturated heterocycles. The Labute approximate surface area is 108 Å². The maximum absolute atomic E-state index is 5.14. The topological polar surface area (TPSA) is 34.1 Å². The lowest BCUT2D eigenvalue weighted by Gasteiger charge is -2.14. The van der Waals surface area contributed by atoms with Crippen LogP contribution in [-0.4, -0.2) is 12.1 Å². The molecule has 0 aliphatic rings. The Hall–Kier alpha value is -1.87. The molecule has 0 radical (unpaired) electrons. The van der Waals surface area contributed by atoms with Crippen LogP contribution in [0.2, 0.25) is 0 Å². The standard InChI is InChI=1S/C15H18N2O/c1-12(14-7-9-16-10-8-14)17-11-13-3-5-15(18-2)6-4-13/h3-10,12,17H,11H2,1-2H3. The van der Waals surface area contributed by atoms with Crippen molar-refractivity contribution in [3.8, 4) is 5.75 Å². The Morgan fingerprint density at radius 2 is 1.78 bits per heavy atom. The second-order valence-corrected chi connectivity index (χ2v) is 4.23. The van der Waals surface area contributed by atoms with Crippen molar-refractivity contribution in [2.45, 2.75) is 19.5 Å². The van der Waals surface area contributed by atoms with Crippen LogP contribution in [0.4, 0.5) is 0 Å². The molecule has 2 aromatic rings. The number of methoxy groups -OCH3 is 1. The van der Waals surface area contributed by atoms with Gasteiger partial charge in [-0.15, -0.1) is 0 Å². The Kier molecular flexibility index (Phi) is 4.31. The minimum atomic E-state index is 0.315. The van der Waals surface area contributed by atoms with Gasteiger partial charge in [0.25, 0.3) is 0 Å². The third-order valence-electron chi connectivity index (χ3n) is 2.98. The molecule has 0 aliphatic carbocycles.